The summed E-state index contributed by atoms with van der Waals surface area (Å²) in [6.45, 7) is 6.77. The molecular formula is C12H22N2O. The van der Waals surface area contributed by atoms with E-state index in [9.17, 15) is 0 Å². The molecule has 3 rings (SSSR count). The van der Waals surface area contributed by atoms with E-state index in [1.807, 2.05) is 0 Å². The lowest BCUT2D eigenvalue weighted by molar-refractivity contribution is 0.101. The first-order valence-electron chi connectivity index (χ1n) is 6.46. The first kappa shape index (κ1) is 10.1. The van der Waals surface area contributed by atoms with Gasteiger partial charge in [-0.05, 0) is 31.7 Å². The third kappa shape index (κ3) is 2.35. The maximum atomic E-state index is 5.71. The number of piperidine rings is 1. The smallest absolute Gasteiger partial charge is 0.0593 e. The molecular weight excluding hydrogens is 188 g/mol. The van der Waals surface area contributed by atoms with Crippen LogP contribution in [0.15, 0.2) is 0 Å². The minimum absolute atomic E-state index is 0.736. The Morgan fingerprint density at radius 2 is 2.20 bits per heavy atom. The van der Waals surface area contributed by atoms with Crippen LogP contribution in [0.4, 0.5) is 0 Å². The standard InChI is InChI=1S/C12H22N2O/c1-2-10(1)8-14-5-6-15-9-11-7-13-4-3-12(11)14/h10-13H,1-9H2/t11-,12+/m0/s1. The fourth-order valence-corrected chi connectivity index (χ4v) is 3.00. The number of hydrogen-bond donors (Lipinski definition) is 1. The summed E-state index contributed by atoms with van der Waals surface area (Å²) in [5.74, 6) is 1.75. The molecule has 3 nitrogen and oxygen atoms in total. The van der Waals surface area contributed by atoms with Gasteiger partial charge in [-0.3, -0.25) is 4.90 Å². The summed E-state index contributed by atoms with van der Waals surface area (Å²) in [4.78, 5) is 2.72. The van der Waals surface area contributed by atoms with Gasteiger partial charge in [0.25, 0.3) is 0 Å². The van der Waals surface area contributed by atoms with E-state index in [4.69, 9.17) is 4.74 Å². The highest BCUT2D eigenvalue weighted by Crippen LogP contribution is 2.32. The molecule has 1 aliphatic carbocycles. The molecule has 1 N–H and O–H groups in total. The predicted octanol–water partition coefficient (Wildman–Crippen LogP) is 0.707. The lowest BCUT2D eigenvalue weighted by Gasteiger charge is -2.37. The average Bonchev–Trinajstić information content (AvgIpc) is 3.07. The van der Waals surface area contributed by atoms with Gasteiger partial charge in [-0.15, -0.1) is 0 Å². The first-order valence-corrected chi connectivity index (χ1v) is 6.46. The Morgan fingerprint density at radius 1 is 1.27 bits per heavy atom. The molecule has 2 aliphatic heterocycles. The van der Waals surface area contributed by atoms with Gasteiger partial charge in [-0.25, -0.2) is 0 Å². The molecule has 3 heteroatoms. The molecule has 0 aromatic rings. The van der Waals surface area contributed by atoms with Crippen LogP contribution in [-0.4, -0.2) is 50.3 Å². The number of rotatable bonds is 2. The van der Waals surface area contributed by atoms with Gasteiger partial charge in [0.2, 0.25) is 0 Å². The predicted molar refractivity (Wildman–Crippen MR) is 59.9 cm³/mol. The van der Waals surface area contributed by atoms with Crippen molar-refractivity contribution in [2.45, 2.75) is 25.3 Å². The first-order chi connectivity index (χ1) is 7.43. The van der Waals surface area contributed by atoms with Gasteiger partial charge in [0.1, 0.15) is 0 Å². The molecule has 3 fully saturated rings. The molecule has 15 heavy (non-hydrogen) atoms. The number of ether oxygens (including phenoxy) is 1. The lowest BCUT2D eigenvalue weighted by Crippen LogP contribution is -2.50. The number of fused-ring (bicyclic) bond motifs is 1. The van der Waals surface area contributed by atoms with Gasteiger partial charge in [-0.1, -0.05) is 0 Å². The van der Waals surface area contributed by atoms with E-state index in [1.165, 1.54) is 32.4 Å². The molecule has 1 saturated carbocycles. The molecule has 2 saturated heterocycles. The molecule has 3 aliphatic rings. The molecule has 0 bridgehead atoms. The molecule has 0 radical (unpaired) electrons. The molecule has 86 valence electrons. The Morgan fingerprint density at radius 3 is 3.07 bits per heavy atom. The van der Waals surface area contributed by atoms with Gasteiger partial charge in [-0.2, -0.15) is 0 Å². The quantitative estimate of drug-likeness (QED) is 0.726. The van der Waals surface area contributed by atoms with E-state index in [1.54, 1.807) is 0 Å². The second-order valence-corrected chi connectivity index (χ2v) is 5.33. The zero-order chi connectivity index (χ0) is 10.1. The highest BCUT2D eigenvalue weighted by molar-refractivity contribution is 4.89. The monoisotopic (exact) mass is 210 g/mol. The number of nitrogens with one attached hydrogen (secondary N) is 1. The lowest BCUT2D eigenvalue weighted by atomic mass is 9.92. The molecule has 2 heterocycles. The van der Waals surface area contributed by atoms with E-state index in [-0.39, 0.29) is 0 Å². The fourth-order valence-electron chi connectivity index (χ4n) is 3.00. The Bertz CT molecular complexity index is 218. The molecule has 0 spiro atoms. The average molecular weight is 210 g/mol. The van der Waals surface area contributed by atoms with E-state index in [2.05, 4.69) is 10.2 Å². The summed E-state index contributed by atoms with van der Waals surface area (Å²) in [5.41, 5.74) is 0. The Balaban J connectivity index is 1.66. The van der Waals surface area contributed by atoms with E-state index in [0.717, 1.165) is 44.2 Å². The molecule has 0 amide bonds. The summed E-state index contributed by atoms with van der Waals surface area (Å²) in [6, 6.07) is 0.800. The van der Waals surface area contributed by atoms with Crippen molar-refractivity contribution in [3.8, 4) is 0 Å². The Labute approximate surface area is 92.2 Å². The highest BCUT2D eigenvalue weighted by Gasteiger charge is 2.35. The van der Waals surface area contributed by atoms with E-state index < -0.39 is 0 Å². The van der Waals surface area contributed by atoms with Crippen molar-refractivity contribution in [2.75, 3.05) is 39.4 Å². The number of nitrogens with zero attached hydrogens (tertiary/aromatic N) is 1. The third-order valence-electron chi connectivity index (χ3n) is 4.08. The van der Waals surface area contributed by atoms with Crippen LogP contribution in [0, 0.1) is 11.8 Å². The summed E-state index contributed by atoms with van der Waals surface area (Å²) < 4.78 is 5.71. The van der Waals surface area contributed by atoms with Crippen LogP contribution in [0.3, 0.4) is 0 Å². The highest BCUT2D eigenvalue weighted by atomic mass is 16.5. The van der Waals surface area contributed by atoms with Crippen molar-refractivity contribution in [1.82, 2.24) is 10.2 Å². The van der Waals surface area contributed by atoms with E-state index in [0.29, 0.717) is 0 Å². The zero-order valence-corrected chi connectivity index (χ0v) is 9.45. The van der Waals surface area contributed by atoms with Crippen molar-refractivity contribution in [3.05, 3.63) is 0 Å². The summed E-state index contributed by atoms with van der Waals surface area (Å²) in [6.07, 6.45) is 4.25. The second-order valence-electron chi connectivity index (χ2n) is 5.33. The SMILES string of the molecule is C1C[C@@H]2[C@@H](CN1)COCCN2CC1CC1. The van der Waals surface area contributed by atoms with Crippen LogP contribution in [0.1, 0.15) is 19.3 Å². The van der Waals surface area contributed by atoms with Crippen LogP contribution in [0.2, 0.25) is 0 Å². The summed E-state index contributed by atoms with van der Waals surface area (Å²) >= 11 is 0. The van der Waals surface area contributed by atoms with Crippen LogP contribution in [0.5, 0.6) is 0 Å². The van der Waals surface area contributed by atoms with Crippen LogP contribution in [-0.2, 0) is 4.74 Å². The summed E-state index contributed by atoms with van der Waals surface area (Å²) in [5, 5.41) is 3.49. The summed E-state index contributed by atoms with van der Waals surface area (Å²) in [7, 11) is 0. The second kappa shape index (κ2) is 4.40. The normalized spacial score (nSPS) is 38.4. The largest absolute Gasteiger partial charge is 0.380 e. The zero-order valence-electron chi connectivity index (χ0n) is 9.45. The third-order valence-corrected chi connectivity index (χ3v) is 4.08. The van der Waals surface area contributed by atoms with Crippen LogP contribution in [0.25, 0.3) is 0 Å². The molecule has 0 aromatic carbocycles. The van der Waals surface area contributed by atoms with Crippen molar-refractivity contribution >= 4 is 0 Å². The maximum absolute atomic E-state index is 5.71. The maximum Gasteiger partial charge on any atom is 0.0593 e. The fraction of sp³-hybridized carbons (Fsp3) is 1.00. The molecule has 0 unspecified atom stereocenters. The van der Waals surface area contributed by atoms with Gasteiger partial charge >= 0.3 is 0 Å². The molecule has 0 aromatic heterocycles. The van der Waals surface area contributed by atoms with Crippen LogP contribution >= 0.6 is 0 Å². The topological polar surface area (TPSA) is 24.5 Å². The van der Waals surface area contributed by atoms with Crippen molar-refractivity contribution in [1.29, 1.82) is 0 Å². The number of hydrogen-bond acceptors (Lipinski definition) is 3. The minimum Gasteiger partial charge on any atom is -0.380 e. The van der Waals surface area contributed by atoms with Crippen molar-refractivity contribution < 1.29 is 4.74 Å². The van der Waals surface area contributed by atoms with Gasteiger partial charge in [0, 0.05) is 31.6 Å². The van der Waals surface area contributed by atoms with Crippen molar-refractivity contribution in [3.63, 3.8) is 0 Å². The Kier molecular flexibility index (Phi) is 2.95. The van der Waals surface area contributed by atoms with Gasteiger partial charge < -0.3 is 10.1 Å². The molecule has 2 atom stereocenters. The van der Waals surface area contributed by atoms with Gasteiger partial charge in [0.05, 0.1) is 13.2 Å². The minimum atomic E-state index is 0.736. The van der Waals surface area contributed by atoms with Crippen LogP contribution < -0.4 is 5.32 Å². The van der Waals surface area contributed by atoms with E-state index >= 15 is 0 Å². The van der Waals surface area contributed by atoms with Crippen molar-refractivity contribution in [2.24, 2.45) is 11.8 Å². The van der Waals surface area contributed by atoms with Gasteiger partial charge in [0.15, 0.2) is 0 Å². The Hall–Kier alpha value is -0.120.